The van der Waals surface area contributed by atoms with Crippen LogP contribution in [-0.4, -0.2) is 33.8 Å². The highest BCUT2D eigenvalue weighted by atomic mass is 16.5. The molecule has 0 radical (unpaired) electrons. The highest BCUT2D eigenvalue weighted by molar-refractivity contribution is 5.97. The summed E-state index contributed by atoms with van der Waals surface area (Å²) in [5, 5.41) is 21.1. The Balaban J connectivity index is 0.00000326. The Labute approximate surface area is 159 Å². The molecule has 0 aliphatic heterocycles. The van der Waals surface area contributed by atoms with E-state index in [9.17, 15) is 14.7 Å². The number of carbonyl (C=O) groups excluding carboxylic acids is 2. The third-order valence-corrected chi connectivity index (χ3v) is 3.25. The summed E-state index contributed by atoms with van der Waals surface area (Å²) in [6.07, 6.45) is 0. The molecule has 0 fully saturated rings. The zero-order valence-corrected chi connectivity index (χ0v) is 15.5. The van der Waals surface area contributed by atoms with Crippen molar-refractivity contribution in [1.29, 1.82) is 0 Å². The van der Waals surface area contributed by atoms with Crippen LogP contribution in [0.5, 0.6) is 0 Å². The van der Waals surface area contributed by atoms with Gasteiger partial charge in [-0.05, 0) is 38.1 Å². The van der Waals surface area contributed by atoms with Crippen LogP contribution >= 0.6 is 0 Å². The van der Waals surface area contributed by atoms with E-state index in [1.54, 1.807) is 12.1 Å². The lowest BCUT2D eigenvalue weighted by Gasteiger charge is -2.28. The zero-order chi connectivity index (χ0) is 21.2. The second-order valence-electron chi connectivity index (χ2n) is 5.87. The van der Waals surface area contributed by atoms with Gasteiger partial charge in [0.05, 0.1) is 5.60 Å². The molecule has 27 heavy (non-hydrogen) atoms. The Morgan fingerprint density at radius 3 is 2.11 bits per heavy atom. The van der Waals surface area contributed by atoms with Crippen LogP contribution in [0.15, 0.2) is 61.9 Å². The monoisotopic (exact) mass is 371 g/mol. The first-order valence-corrected chi connectivity index (χ1v) is 7.79. The molecule has 1 aromatic carbocycles. The number of benzene rings is 1. The maximum Gasteiger partial charge on any atom is 0.268 e. The molecule has 0 bridgehead atoms. The highest BCUT2D eigenvalue weighted by Gasteiger charge is 2.34. The van der Waals surface area contributed by atoms with Crippen LogP contribution in [0, 0.1) is 11.8 Å². The van der Waals surface area contributed by atoms with E-state index in [0.29, 0.717) is 11.1 Å². The Kier molecular flexibility index (Phi) is 9.29. The van der Waals surface area contributed by atoms with Gasteiger partial charge in [0.2, 0.25) is 0 Å². The molecule has 0 spiro atoms. The summed E-state index contributed by atoms with van der Waals surface area (Å²) in [5.41, 5.74) is 6.88. The van der Waals surface area contributed by atoms with Crippen LogP contribution in [0.4, 0.5) is 0 Å². The lowest BCUT2D eigenvalue weighted by atomic mass is 9.97. The molecule has 0 aliphatic carbocycles. The average Bonchev–Trinajstić information content (AvgIpc) is 2.64. The Bertz CT molecular complexity index is 765. The quantitative estimate of drug-likeness (QED) is 0.175. The van der Waals surface area contributed by atoms with Gasteiger partial charge in [-0.15, -0.1) is 13.2 Å². The topological polar surface area (TPSA) is 125 Å². The Morgan fingerprint density at radius 2 is 1.70 bits per heavy atom. The van der Waals surface area contributed by atoms with Gasteiger partial charge in [0.25, 0.3) is 11.8 Å². The average molecular weight is 371 g/mol. The number of aliphatic hydroxyl groups is 1. The van der Waals surface area contributed by atoms with Gasteiger partial charge < -0.3 is 16.2 Å². The van der Waals surface area contributed by atoms with Gasteiger partial charge in [-0.3, -0.25) is 14.8 Å². The first-order chi connectivity index (χ1) is 12.6. The molecule has 1 atom stereocenters. The van der Waals surface area contributed by atoms with E-state index in [1.807, 2.05) is 0 Å². The number of hydrogen-bond acceptors (Lipinski definition) is 5. The molecule has 1 rings (SSSR count). The Morgan fingerprint density at radius 1 is 1.19 bits per heavy atom. The van der Waals surface area contributed by atoms with Crippen molar-refractivity contribution >= 4 is 11.8 Å². The van der Waals surface area contributed by atoms with E-state index >= 15 is 0 Å². The fourth-order valence-corrected chi connectivity index (χ4v) is 1.77. The van der Waals surface area contributed by atoms with Crippen molar-refractivity contribution in [3.8, 4) is 11.8 Å². The fourth-order valence-electron chi connectivity index (χ4n) is 1.77. The van der Waals surface area contributed by atoms with Gasteiger partial charge in [-0.1, -0.05) is 25.0 Å². The molecule has 7 nitrogen and oxygen atoms in total. The number of carbonyl (C=O) groups is 2. The summed E-state index contributed by atoms with van der Waals surface area (Å²) in [6, 6.07) is 4.91. The van der Waals surface area contributed by atoms with E-state index in [4.69, 9.17) is 10.9 Å². The normalized spacial score (nSPS) is 10.8. The van der Waals surface area contributed by atoms with Crippen molar-refractivity contribution in [2.75, 3.05) is 0 Å². The number of rotatable bonds is 5. The number of amides is 2. The predicted octanol–water partition coefficient (Wildman–Crippen LogP) is 1.24. The van der Waals surface area contributed by atoms with Gasteiger partial charge in [-0.25, -0.2) is 5.48 Å². The molecule has 7 heteroatoms. The second-order valence-corrected chi connectivity index (χ2v) is 5.87. The van der Waals surface area contributed by atoms with Gasteiger partial charge in [0.15, 0.2) is 0 Å². The highest BCUT2D eigenvalue weighted by Crippen LogP contribution is 2.11. The summed E-state index contributed by atoms with van der Waals surface area (Å²) in [6.45, 7) is 15.9. The predicted molar refractivity (Wildman–Crippen MR) is 105 cm³/mol. The number of allylic oxidation sites excluding steroid dienone is 1. The molecule has 144 valence electrons. The third-order valence-electron chi connectivity index (χ3n) is 3.25. The largest absolute Gasteiger partial charge is 0.398 e. The molecule has 1 unspecified atom stereocenters. The fraction of sp³-hybridized carbons (Fsp3) is 0.200. The minimum atomic E-state index is -1.57. The van der Waals surface area contributed by atoms with Crippen LogP contribution < -0.4 is 16.5 Å². The van der Waals surface area contributed by atoms with Crippen molar-refractivity contribution in [2.24, 2.45) is 5.73 Å². The number of hydrogen-bond donors (Lipinski definition) is 5. The van der Waals surface area contributed by atoms with Crippen LogP contribution in [0.3, 0.4) is 0 Å². The van der Waals surface area contributed by atoms with E-state index in [1.165, 1.54) is 31.5 Å². The van der Waals surface area contributed by atoms with E-state index in [2.05, 4.69) is 43.5 Å². The maximum atomic E-state index is 12.2. The van der Waals surface area contributed by atoms with Crippen molar-refractivity contribution in [3.05, 3.63) is 73.0 Å². The van der Waals surface area contributed by atoms with Gasteiger partial charge >= 0.3 is 0 Å². The molecule has 6 N–H and O–H groups in total. The summed E-state index contributed by atoms with van der Waals surface area (Å²) < 4.78 is 0. The molecule has 0 saturated carbocycles. The smallest absolute Gasteiger partial charge is 0.268 e. The lowest BCUT2D eigenvalue weighted by Crippen LogP contribution is -2.57. The standard InChI is InChI=1S/C18H21N3O4.C2H4/c1-11(12(2)19)5-6-13-7-9-14(10-8-13)16(22)20-15(17(23)21-25)18(3,4)24;1-2/h7-10,15,24-25H,1-2,19H2,3-4H3,(H,20,22)(H,21,23);1-2H2. The molecule has 0 saturated heterocycles. The second kappa shape index (κ2) is 10.6. The minimum Gasteiger partial charge on any atom is -0.398 e. The first kappa shape index (κ1) is 23.7. The van der Waals surface area contributed by atoms with Gasteiger partial charge in [0.1, 0.15) is 6.04 Å². The maximum absolute atomic E-state index is 12.2. The van der Waals surface area contributed by atoms with E-state index in [-0.39, 0.29) is 11.3 Å². The molecule has 1 aromatic rings. The van der Waals surface area contributed by atoms with E-state index in [0.717, 1.165) is 0 Å². The number of nitrogens with one attached hydrogen (secondary N) is 2. The minimum absolute atomic E-state index is 0.257. The van der Waals surface area contributed by atoms with Gasteiger partial charge in [-0.2, -0.15) is 0 Å². The molecule has 2 amide bonds. The molecular formula is C20H25N3O4. The van der Waals surface area contributed by atoms with Crippen molar-refractivity contribution in [1.82, 2.24) is 10.8 Å². The zero-order valence-electron chi connectivity index (χ0n) is 15.5. The summed E-state index contributed by atoms with van der Waals surface area (Å²) in [7, 11) is 0. The van der Waals surface area contributed by atoms with Crippen molar-refractivity contribution in [2.45, 2.75) is 25.5 Å². The Hall–Kier alpha value is -3.34. The summed E-state index contributed by atoms with van der Waals surface area (Å²) in [4.78, 5) is 23.8. The van der Waals surface area contributed by atoms with Crippen molar-refractivity contribution < 1.29 is 19.9 Å². The summed E-state index contributed by atoms with van der Waals surface area (Å²) >= 11 is 0. The van der Waals surface area contributed by atoms with Crippen LogP contribution in [0.25, 0.3) is 0 Å². The number of hydroxylamine groups is 1. The number of nitrogens with two attached hydrogens (primary N) is 1. The SMILES string of the molecule is C=C.C=C(N)C(=C)C#Cc1ccc(C(=O)NC(C(=O)NO)C(C)(C)O)cc1. The van der Waals surface area contributed by atoms with Crippen molar-refractivity contribution in [3.63, 3.8) is 0 Å². The van der Waals surface area contributed by atoms with Crippen LogP contribution in [-0.2, 0) is 4.79 Å². The van der Waals surface area contributed by atoms with Crippen LogP contribution in [0.1, 0.15) is 29.8 Å². The molecule has 0 aromatic heterocycles. The molecular weight excluding hydrogens is 346 g/mol. The first-order valence-electron chi connectivity index (χ1n) is 7.79. The van der Waals surface area contributed by atoms with E-state index < -0.39 is 23.5 Å². The van der Waals surface area contributed by atoms with Crippen LogP contribution in [0.2, 0.25) is 0 Å². The molecule has 0 aliphatic rings. The van der Waals surface area contributed by atoms with Gasteiger partial charge in [0, 0.05) is 22.4 Å². The third kappa shape index (κ3) is 7.61. The molecule has 0 heterocycles. The summed E-state index contributed by atoms with van der Waals surface area (Å²) in [5.74, 6) is 4.05. The lowest BCUT2D eigenvalue weighted by molar-refractivity contribution is -0.136.